The Hall–Kier alpha value is -1.26. The van der Waals surface area contributed by atoms with Crippen molar-refractivity contribution in [3.63, 3.8) is 0 Å². The summed E-state index contributed by atoms with van der Waals surface area (Å²) in [4.78, 5) is 23.2. The van der Waals surface area contributed by atoms with Gasteiger partial charge in [0.1, 0.15) is 5.54 Å². The van der Waals surface area contributed by atoms with Crippen LogP contribution in [-0.2, 0) is 4.79 Å². The van der Waals surface area contributed by atoms with Crippen LogP contribution in [0.5, 0.6) is 0 Å². The van der Waals surface area contributed by atoms with Crippen LogP contribution in [0.2, 0.25) is 0 Å². The van der Waals surface area contributed by atoms with Gasteiger partial charge in [0.2, 0.25) is 0 Å². The van der Waals surface area contributed by atoms with Crippen LogP contribution in [0.1, 0.15) is 58.3 Å². The SMILES string of the molecule is CC1CCCCCC1NC(=O)NC1(C(=O)O)CCC1. The molecule has 5 heteroatoms. The highest BCUT2D eigenvalue weighted by Gasteiger charge is 2.46. The summed E-state index contributed by atoms with van der Waals surface area (Å²) in [6.45, 7) is 2.16. The van der Waals surface area contributed by atoms with E-state index >= 15 is 0 Å². The van der Waals surface area contributed by atoms with Crippen LogP contribution in [0, 0.1) is 5.92 Å². The normalized spacial score (nSPS) is 29.7. The molecule has 2 rings (SSSR count). The molecule has 0 aromatic heterocycles. The molecular formula is C14H24N2O3. The fourth-order valence-electron chi connectivity index (χ4n) is 3.05. The predicted octanol–water partition coefficient (Wildman–Crippen LogP) is 2.26. The molecule has 5 nitrogen and oxygen atoms in total. The van der Waals surface area contributed by atoms with E-state index in [9.17, 15) is 14.7 Å². The second kappa shape index (κ2) is 5.80. The van der Waals surface area contributed by atoms with Crippen LogP contribution in [0.4, 0.5) is 4.79 Å². The van der Waals surface area contributed by atoms with Crippen molar-refractivity contribution in [3.05, 3.63) is 0 Å². The molecule has 0 spiro atoms. The minimum absolute atomic E-state index is 0.174. The maximum absolute atomic E-state index is 12.0. The highest BCUT2D eigenvalue weighted by atomic mass is 16.4. The van der Waals surface area contributed by atoms with Crippen LogP contribution in [0.25, 0.3) is 0 Å². The lowest BCUT2D eigenvalue weighted by Gasteiger charge is -2.38. The fraction of sp³-hybridized carbons (Fsp3) is 0.857. The molecule has 2 atom stereocenters. The average molecular weight is 268 g/mol. The highest BCUT2D eigenvalue weighted by molar-refractivity contribution is 5.87. The Balaban J connectivity index is 1.88. The maximum Gasteiger partial charge on any atom is 0.329 e. The van der Waals surface area contributed by atoms with Gasteiger partial charge in [-0.1, -0.05) is 26.2 Å². The number of urea groups is 1. The minimum Gasteiger partial charge on any atom is -0.480 e. The summed E-state index contributed by atoms with van der Waals surface area (Å²) in [5.74, 6) is -0.446. The van der Waals surface area contributed by atoms with Crippen molar-refractivity contribution in [3.8, 4) is 0 Å². The lowest BCUT2D eigenvalue weighted by Crippen LogP contribution is -2.62. The third kappa shape index (κ3) is 3.19. The largest absolute Gasteiger partial charge is 0.480 e. The zero-order valence-electron chi connectivity index (χ0n) is 11.6. The Morgan fingerprint density at radius 3 is 2.37 bits per heavy atom. The summed E-state index contributed by atoms with van der Waals surface area (Å²) in [5, 5.41) is 14.8. The molecule has 2 aliphatic rings. The van der Waals surface area contributed by atoms with Crippen molar-refractivity contribution >= 4 is 12.0 Å². The zero-order valence-corrected chi connectivity index (χ0v) is 11.6. The molecule has 0 aromatic carbocycles. The standard InChI is InChI=1S/C14H24N2O3/c1-10-6-3-2-4-7-11(10)15-13(19)16-14(12(17)18)8-5-9-14/h10-11H,2-9H2,1H3,(H,17,18)(H2,15,16,19). The molecule has 19 heavy (non-hydrogen) atoms. The van der Waals surface area contributed by atoms with Crippen molar-refractivity contribution in [2.75, 3.05) is 0 Å². The average Bonchev–Trinajstić information content (AvgIpc) is 2.49. The van der Waals surface area contributed by atoms with Gasteiger partial charge in [0.05, 0.1) is 0 Å². The molecule has 0 aliphatic heterocycles. The molecule has 2 aliphatic carbocycles. The van der Waals surface area contributed by atoms with Crippen molar-refractivity contribution < 1.29 is 14.7 Å². The van der Waals surface area contributed by atoms with E-state index in [-0.39, 0.29) is 12.1 Å². The van der Waals surface area contributed by atoms with Gasteiger partial charge in [-0.3, -0.25) is 0 Å². The first kappa shape index (κ1) is 14.2. The lowest BCUT2D eigenvalue weighted by atomic mass is 9.77. The summed E-state index contributed by atoms with van der Waals surface area (Å²) in [7, 11) is 0. The monoisotopic (exact) mass is 268 g/mol. The minimum atomic E-state index is -1.02. The second-order valence-electron chi connectivity index (χ2n) is 6.06. The Bertz CT molecular complexity index is 353. The van der Waals surface area contributed by atoms with E-state index < -0.39 is 11.5 Å². The number of carboxylic acid groups (broad SMARTS) is 1. The number of hydrogen-bond acceptors (Lipinski definition) is 2. The van der Waals surface area contributed by atoms with Gasteiger partial charge < -0.3 is 15.7 Å². The van der Waals surface area contributed by atoms with Crippen molar-refractivity contribution in [1.29, 1.82) is 0 Å². The summed E-state index contributed by atoms with van der Waals surface area (Å²) in [5.41, 5.74) is -1.02. The van der Waals surface area contributed by atoms with Gasteiger partial charge >= 0.3 is 12.0 Å². The molecule has 3 N–H and O–H groups in total. The summed E-state index contributed by atoms with van der Waals surface area (Å²) in [6, 6.07) is -0.144. The predicted molar refractivity (Wildman–Crippen MR) is 71.9 cm³/mol. The van der Waals surface area contributed by atoms with Crippen molar-refractivity contribution in [2.45, 2.75) is 69.9 Å². The molecule has 2 fully saturated rings. The first-order valence-corrected chi connectivity index (χ1v) is 7.35. The first-order chi connectivity index (χ1) is 9.03. The second-order valence-corrected chi connectivity index (χ2v) is 6.06. The number of nitrogens with one attached hydrogen (secondary N) is 2. The van der Waals surface area contributed by atoms with Gasteiger partial charge in [-0.2, -0.15) is 0 Å². The third-order valence-corrected chi connectivity index (χ3v) is 4.65. The van der Waals surface area contributed by atoms with Gasteiger partial charge in [-0.25, -0.2) is 9.59 Å². The first-order valence-electron chi connectivity index (χ1n) is 7.35. The van der Waals surface area contributed by atoms with Crippen LogP contribution in [0.3, 0.4) is 0 Å². The molecule has 2 amide bonds. The number of amides is 2. The van der Waals surface area contributed by atoms with Crippen LogP contribution < -0.4 is 10.6 Å². The van der Waals surface area contributed by atoms with Gasteiger partial charge in [0.25, 0.3) is 0 Å². The highest BCUT2D eigenvalue weighted by Crippen LogP contribution is 2.32. The molecule has 0 radical (unpaired) electrons. The number of aliphatic carboxylic acids is 1. The molecule has 2 saturated carbocycles. The van der Waals surface area contributed by atoms with E-state index in [0.29, 0.717) is 18.8 Å². The number of carbonyl (C=O) groups excluding carboxylic acids is 1. The van der Waals surface area contributed by atoms with E-state index in [1.807, 2.05) is 0 Å². The molecular weight excluding hydrogens is 244 g/mol. The number of carboxylic acids is 1. The Labute approximate surface area is 114 Å². The van der Waals surface area contributed by atoms with Crippen molar-refractivity contribution in [1.82, 2.24) is 10.6 Å². The van der Waals surface area contributed by atoms with Crippen LogP contribution in [0.15, 0.2) is 0 Å². The topological polar surface area (TPSA) is 78.4 Å². The molecule has 0 saturated heterocycles. The Kier molecular flexibility index (Phi) is 4.32. The molecule has 2 unspecified atom stereocenters. The quantitative estimate of drug-likeness (QED) is 0.687. The van der Waals surface area contributed by atoms with Gasteiger partial charge in [-0.15, -0.1) is 0 Å². The van der Waals surface area contributed by atoms with Crippen LogP contribution in [-0.4, -0.2) is 28.7 Å². The fourth-order valence-corrected chi connectivity index (χ4v) is 3.05. The third-order valence-electron chi connectivity index (χ3n) is 4.65. The van der Waals surface area contributed by atoms with Gasteiger partial charge in [0.15, 0.2) is 0 Å². The zero-order chi connectivity index (χ0) is 13.9. The molecule has 0 bridgehead atoms. The van der Waals surface area contributed by atoms with E-state index in [1.165, 1.54) is 12.8 Å². The van der Waals surface area contributed by atoms with E-state index in [4.69, 9.17) is 0 Å². The van der Waals surface area contributed by atoms with Crippen molar-refractivity contribution in [2.24, 2.45) is 5.92 Å². The summed E-state index contributed by atoms with van der Waals surface area (Å²) >= 11 is 0. The number of carbonyl (C=O) groups is 2. The lowest BCUT2D eigenvalue weighted by molar-refractivity contribution is -0.148. The summed E-state index contributed by atoms with van der Waals surface area (Å²) < 4.78 is 0. The van der Waals surface area contributed by atoms with Gasteiger partial charge in [0, 0.05) is 6.04 Å². The number of hydrogen-bond donors (Lipinski definition) is 3. The van der Waals surface area contributed by atoms with E-state index in [1.54, 1.807) is 0 Å². The van der Waals surface area contributed by atoms with Gasteiger partial charge in [-0.05, 0) is 38.0 Å². The Morgan fingerprint density at radius 2 is 1.79 bits per heavy atom. The van der Waals surface area contributed by atoms with E-state index in [0.717, 1.165) is 25.7 Å². The van der Waals surface area contributed by atoms with E-state index in [2.05, 4.69) is 17.6 Å². The number of rotatable bonds is 3. The molecule has 0 aromatic rings. The van der Waals surface area contributed by atoms with Crippen LogP contribution >= 0.6 is 0 Å². The molecule has 108 valence electrons. The molecule has 0 heterocycles. The Morgan fingerprint density at radius 1 is 1.11 bits per heavy atom. The summed E-state index contributed by atoms with van der Waals surface area (Å²) in [6.07, 6.45) is 7.66. The smallest absolute Gasteiger partial charge is 0.329 e. The maximum atomic E-state index is 12.0.